The SMILES string of the molecule is CCc1ccc(-c2ccc(OC(=O)C3CCC(c4ccc(OC)c(F)c4F)CC3)c(F)c2F)cc1. The summed E-state index contributed by atoms with van der Waals surface area (Å²) in [5.41, 5.74) is 1.93. The Labute approximate surface area is 201 Å². The Morgan fingerprint density at radius 1 is 0.800 bits per heavy atom. The van der Waals surface area contributed by atoms with Gasteiger partial charge in [-0.1, -0.05) is 37.3 Å². The third-order valence-electron chi connectivity index (χ3n) is 6.73. The summed E-state index contributed by atoms with van der Waals surface area (Å²) in [6.07, 6.45) is 2.43. The van der Waals surface area contributed by atoms with Crippen LogP contribution in [0.5, 0.6) is 11.5 Å². The molecule has 0 amide bonds. The minimum atomic E-state index is -1.22. The molecule has 35 heavy (non-hydrogen) atoms. The second-order valence-electron chi connectivity index (χ2n) is 8.74. The Bertz CT molecular complexity index is 1220. The molecule has 3 aromatic rings. The van der Waals surface area contributed by atoms with Crippen LogP contribution in [0, 0.1) is 29.2 Å². The number of aryl methyl sites for hydroxylation is 1. The standard InChI is InChI=1S/C28H26F4O3/c1-3-16-4-6-17(7-5-16)21-13-15-23(27(32)25(21)30)35-28(33)19-10-8-18(9-11-19)20-12-14-22(34-2)26(31)24(20)29/h4-7,12-15,18-19H,3,8-11H2,1-2H3. The van der Waals surface area contributed by atoms with Crippen molar-refractivity contribution in [1.82, 2.24) is 0 Å². The van der Waals surface area contributed by atoms with Crippen molar-refractivity contribution in [2.75, 3.05) is 7.11 Å². The first-order valence-corrected chi connectivity index (χ1v) is 11.6. The lowest BCUT2D eigenvalue weighted by molar-refractivity contribution is -0.140. The molecular formula is C28H26F4O3. The Kier molecular flexibility index (Phi) is 7.43. The normalized spacial score (nSPS) is 17.8. The van der Waals surface area contributed by atoms with Crippen LogP contribution in [0.2, 0.25) is 0 Å². The molecule has 0 N–H and O–H groups in total. The molecule has 1 fully saturated rings. The Hall–Kier alpha value is -3.35. The maximum absolute atomic E-state index is 14.7. The number of methoxy groups -OCH3 is 1. The average Bonchev–Trinajstić information content (AvgIpc) is 2.88. The van der Waals surface area contributed by atoms with Crippen LogP contribution in [0.15, 0.2) is 48.5 Å². The van der Waals surface area contributed by atoms with E-state index >= 15 is 0 Å². The van der Waals surface area contributed by atoms with E-state index in [1.807, 2.05) is 19.1 Å². The van der Waals surface area contributed by atoms with Crippen molar-refractivity contribution in [3.05, 3.63) is 82.9 Å². The summed E-state index contributed by atoms with van der Waals surface area (Å²) in [5.74, 6) is -6.38. The first-order chi connectivity index (χ1) is 16.8. The van der Waals surface area contributed by atoms with Crippen molar-refractivity contribution in [1.29, 1.82) is 0 Å². The van der Waals surface area contributed by atoms with Gasteiger partial charge in [0.05, 0.1) is 13.0 Å². The van der Waals surface area contributed by atoms with Gasteiger partial charge in [0.1, 0.15) is 0 Å². The lowest BCUT2D eigenvalue weighted by Crippen LogP contribution is -2.26. The molecule has 3 aromatic carbocycles. The fraction of sp³-hybridized carbons (Fsp3) is 0.321. The van der Waals surface area contributed by atoms with Crippen LogP contribution >= 0.6 is 0 Å². The van der Waals surface area contributed by atoms with E-state index in [2.05, 4.69) is 0 Å². The molecule has 184 valence electrons. The van der Waals surface area contributed by atoms with Crippen LogP contribution in [0.4, 0.5) is 17.6 Å². The van der Waals surface area contributed by atoms with Crippen molar-refractivity contribution < 1.29 is 31.8 Å². The molecule has 0 atom stereocenters. The quantitative estimate of drug-likeness (QED) is 0.207. The number of hydrogen-bond donors (Lipinski definition) is 0. The summed E-state index contributed by atoms with van der Waals surface area (Å²) >= 11 is 0. The number of carbonyl (C=O) groups excluding carboxylic acids is 1. The van der Waals surface area contributed by atoms with Gasteiger partial charge in [-0.05, 0) is 72.9 Å². The number of rotatable bonds is 6. The zero-order valence-corrected chi connectivity index (χ0v) is 19.5. The highest BCUT2D eigenvalue weighted by molar-refractivity contribution is 5.76. The molecule has 0 saturated heterocycles. The van der Waals surface area contributed by atoms with Crippen molar-refractivity contribution in [3.63, 3.8) is 0 Å². The van der Waals surface area contributed by atoms with E-state index in [4.69, 9.17) is 9.47 Å². The van der Waals surface area contributed by atoms with Crippen LogP contribution < -0.4 is 9.47 Å². The molecule has 4 rings (SSSR count). The third kappa shape index (κ3) is 5.04. The number of ether oxygens (including phenoxy) is 2. The van der Waals surface area contributed by atoms with Crippen LogP contribution in [0.25, 0.3) is 11.1 Å². The Morgan fingerprint density at radius 2 is 1.43 bits per heavy atom. The maximum atomic E-state index is 14.7. The van der Waals surface area contributed by atoms with E-state index in [0.717, 1.165) is 12.0 Å². The van der Waals surface area contributed by atoms with Gasteiger partial charge in [-0.3, -0.25) is 4.79 Å². The molecule has 1 aliphatic carbocycles. The molecule has 0 bridgehead atoms. The molecule has 0 heterocycles. The number of esters is 1. The van der Waals surface area contributed by atoms with Gasteiger partial charge in [0.2, 0.25) is 11.6 Å². The number of benzene rings is 3. The average molecular weight is 487 g/mol. The summed E-state index contributed by atoms with van der Waals surface area (Å²) in [6, 6.07) is 12.7. The lowest BCUT2D eigenvalue weighted by Gasteiger charge is -2.28. The highest BCUT2D eigenvalue weighted by atomic mass is 19.2. The van der Waals surface area contributed by atoms with Gasteiger partial charge < -0.3 is 9.47 Å². The molecule has 7 heteroatoms. The van der Waals surface area contributed by atoms with E-state index in [1.54, 1.807) is 12.1 Å². The summed E-state index contributed by atoms with van der Waals surface area (Å²) in [6.45, 7) is 2.00. The molecule has 0 aliphatic heterocycles. The van der Waals surface area contributed by atoms with Gasteiger partial charge in [0.15, 0.2) is 23.1 Å². The van der Waals surface area contributed by atoms with Crippen molar-refractivity contribution in [2.24, 2.45) is 5.92 Å². The smallest absolute Gasteiger partial charge is 0.314 e. The molecule has 0 unspecified atom stereocenters. The van der Waals surface area contributed by atoms with E-state index in [1.165, 1.54) is 31.4 Å². The second kappa shape index (κ2) is 10.5. The Balaban J connectivity index is 1.42. The molecule has 1 saturated carbocycles. The van der Waals surface area contributed by atoms with Crippen molar-refractivity contribution >= 4 is 5.97 Å². The first kappa shape index (κ1) is 24.8. The van der Waals surface area contributed by atoms with E-state index in [0.29, 0.717) is 31.2 Å². The van der Waals surface area contributed by atoms with E-state index in [9.17, 15) is 22.4 Å². The van der Waals surface area contributed by atoms with Gasteiger partial charge in [-0.25, -0.2) is 8.78 Å². The fourth-order valence-electron chi connectivity index (χ4n) is 4.60. The molecule has 0 spiro atoms. The predicted molar refractivity (Wildman–Crippen MR) is 124 cm³/mol. The van der Waals surface area contributed by atoms with Crippen LogP contribution in [0.1, 0.15) is 49.7 Å². The molecular weight excluding hydrogens is 460 g/mol. The summed E-state index contributed by atoms with van der Waals surface area (Å²) in [4.78, 5) is 12.6. The van der Waals surface area contributed by atoms with Crippen LogP contribution in [-0.4, -0.2) is 13.1 Å². The summed E-state index contributed by atoms with van der Waals surface area (Å²) in [7, 11) is 1.26. The van der Waals surface area contributed by atoms with E-state index < -0.39 is 40.9 Å². The number of carbonyl (C=O) groups is 1. The second-order valence-corrected chi connectivity index (χ2v) is 8.74. The summed E-state index contributed by atoms with van der Waals surface area (Å²) in [5, 5.41) is 0. The minimum Gasteiger partial charge on any atom is -0.494 e. The van der Waals surface area contributed by atoms with Gasteiger partial charge >= 0.3 is 5.97 Å². The molecule has 3 nitrogen and oxygen atoms in total. The molecule has 0 aromatic heterocycles. The fourth-order valence-corrected chi connectivity index (χ4v) is 4.60. The Morgan fingerprint density at radius 3 is 2.06 bits per heavy atom. The van der Waals surface area contributed by atoms with Gasteiger partial charge in [-0.2, -0.15) is 8.78 Å². The lowest BCUT2D eigenvalue weighted by atomic mass is 9.78. The topological polar surface area (TPSA) is 35.5 Å². The van der Waals surface area contributed by atoms with E-state index in [-0.39, 0.29) is 22.8 Å². The number of halogens is 4. The molecule has 1 aliphatic rings. The highest BCUT2D eigenvalue weighted by Crippen LogP contribution is 2.39. The van der Waals surface area contributed by atoms with Gasteiger partial charge in [0.25, 0.3) is 0 Å². The van der Waals surface area contributed by atoms with Crippen LogP contribution in [0.3, 0.4) is 0 Å². The monoisotopic (exact) mass is 486 g/mol. The first-order valence-electron chi connectivity index (χ1n) is 11.6. The van der Waals surface area contributed by atoms with Crippen molar-refractivity contribution in [3.8, 4) is 22.6 Å². The van der Waals surface area contributed by atoms with Crippen molar-refractivity contribution in [2.45, 2.75) is 44.9 Å². The van der Waals surface area contributed by atoms with Crippen LogP contribution in [-0.2, 0) is 11.2 Å². The van der Waals surface area contributed by atoms with Gasteiger partial charge in [-0.15, -0.1) is 0 Å². The largest absolute Gasteiger partial charge is 0.494 e. The number of hydrogen-bond acceptors (Lipinski definition) is 3. The third-order valence-corrected chi connectivity index (χ3v) is 6.73. The zero-order valence-electron chi connectivity index (χ0n) is 19.5. The van der Waals surface area contributed by atoms with Gasteiger partial charge in [0, 0.05) is 5.56 Å². The summed E-state index contributed by atoms with van der Waals surface area (Å²) < 4.78 is 67.9. The zero-order chi connectivity index (χ0) is 25.1. The maximum Gasteiger partial charge on any atom is 0.314 e. The predicted octanol–water partition coefficient (Wildman–Crippen LogP) is 7.36. The minimum absolute atomic E-state index is 0.0826. The molecule has 0 radical (unpaired) electrons. The highest BCUT2D eigenvalue weighted by Gasteiger charge is 2.31.